The number of β-lactam (4-membered cyclic amide) rings is 1. The van der Waals surface area contributed by atoms with Gasteiger partial charge in [-0.15, -0.1) is 11.8 Å². The van der Waals surface area contributed by atoms with Crippen LogP contribution < -0.4 is 10.1 Å². The molecule has 2 heterocycles. The van der Waals surface area contributed by atoms with Gasteiger partial charge in [0.15, 0.2) is 6.10 Å². The number of benzene rings is 1. The van der Waals surface area contributed by atoms with E-state index in [1.54, 1.807) is 45.0 Å². The molecule has 0 saturated carbocycles. The fourth-order valence-corrected chi connectivity index (χ4v) is 4.80. The number of para-hydroxylation sites is 1. The van der Waals surface area contributed by atoms with Crippen LogP contribution in [-0.4, -0.2) is 56.1 Å². The molecule has 4 atom stereocenters. The molecule has 25 heavy (non-hydrogen) atoms. The molecule has 3 rings (SSSR count). The third-order valence-corrected chi connectivity index (χ3v) is 5.97. The Kier molecular flexibility index (Phi) is 4.40. The molecular weight excluding hydrogens is 344 g/mol. The van der Waals surface area contributed by atoms with Crippen LogP contribution in [0.4, 0.5) is 0 Å². The summed E-state index contributed by atoms with van der Waals surface area (Å²) in [4.78, 5) is 37.5. The Balaban J connectivity index is 1.64. The van der Waals surface area contributed by atoms with Gasteiger partial charge in [-0.3, -0.25) is 9.59 Å². The largest absolute Gasteiger partial charge is 0.481 e. The highest BCUT2D eigenvalue weighted by atomic mass is 32.2. The predicted octanol–water partition coefficient (Wildman–Crippen LogP) is 1.09. The minimum Gasteiger partial charge on any atom is -0.481 e. The maximum atomic E-state index is 12.4. The van der Waals surface area contributed by atoms with Gasteiger partial charge in [0.1, 0.15) is 23.2 Å². The van der Waals surface area contributed by atoms with Crippen molar-refractivity contribution in [2.45, 2.75) is 49.1 Å². The molecule has 0 radical (unpaired) electrons. The summed E-state index contributed by atoms with van der Waals surface area (Å²) < 4.78 is 4.94. The number of carbonyl (C=O) groups is 3. The highest BCUT2D eigenvalue weighted by Gasteiger charge is 2.64. The summed E-state index contributed by atoms with van der Waals surface area (Å²) in [5.74, 6) is -1.23. The lowest BCUT2D eigenvalue weighted by Crippen LogP contribution is -2.71. The first-order chi connectivity index (χ1) is 11.7. The smallest absolute Gasteiger partial charge is 0.327 e. The maximum absolute atomic E-state index is 12.4. The highest BCUT2D eigenvalue weighted by molar-refractivity contribution is 8.01. The zero-order chi connectivity index (χ0) is 18.4. The summed E-state index contributed by atoms with van der Waals surface area (Å²) in [7, 11) is 0. The summed E-state index contributed by atoms with van der Waals surface area (Å²) >= 11 is 1.39. The third kappa shape index (κ3) is 3.06. The summed E-state index contributed by atoms with van der Waals surface area (Å²) in [5.41, 5.74) is 0. The SMILES string of the molecule is CC(Oc1ccccc1)C(=O)N[C@@H]1C(=O)N2[C@@H](C(=O)O)C(C)(C)S[C@@H]12. The van der Waals surface area contributed by atoms with E-state index in [9.17, 15) is 19.5 Å². The monoisotopic (exact) mass is 364 g/mol. The van der Waals surface area contributed by atoms with Gasteiger partial charge in [0.25, 0.3) is 5.91 Å². The Labute approximate surface area is 149 Å². The van der Waals surface area contributed by atoms with E-state index in [0.717, 1.165) is 0 Å². The molecule has 2 fully saturated rings. The van der Waals surface area contributed by atoms with Crippen LogP contribution in [0, 0.1) is 0 Å². The predicted molar refractivity (Wildman–Crippen MR) is 92.2 cm³/mol. The molecule has 0 aliphatic carbocycles. The number of carboxylic acids is 1. The number of nitrogens with one attached hydrogen (secondary N) is 1. The summed E-state index contributed by atoms with van der Waals surface area (Å²) in [6.45, 7) is 5.19. The summed E-state index contributed by atoms with van der Waals surface area (Å²) in [6, 6.07) is 7.33. The normalized spacial score (nSPS) is 27.9. The van der Waals surface area contributed by atoms with E-state index >= 15 is 0 Å². The molecule has 7 nitrogen and oxygen atoms in total. The van der Waals surface area contributed by atoms with Crippen LogP contribution in [-0.2, 0) is 14.4 Å². The lowest BCUT2D eigenvalue weighted by molar-refractivity contribution is -0.161. The molecule has 8 heteroatoms. The lowest BCUT2D eigenvalue weighted by Gasteiger charge is -2.43. The highest BCUT2D eigenvalue weighted by Crippen LogP contribution is 2.50. The molecule has 1 unspecified atom stereocenters. The van der Waals surface area contributed by atoms with Gasteiger partial charge in [-0.2, -0.15) is 0 Å². The van der Waals surface area contributed by atoms with Crippen molar-refractivity contribution >= 4 is 29.5 Å². The van der Waals surface area contributed by atoms with Crippen LogP contribution in [0.1, 0.15) is 20.8 Å². The zero-order valence-electron chi connectivity index (χ0n) is 14.1. The molecule has 2 saturated heterocycles. The molecule has 2 aliphatic heterocycles. The second kappa shape index (κ2) is 6.25. The second-order valence-electron chi connectivity index (χ2n) is 6.66. The Hall–Kier alpha value is -2.22. The average Bonchev–Trinajstić information content (AvgIpc) is 2.81. The van der Waals surface area contributed by atoms with E-state index in [2.05, 4.69) is 5.32 Å². The van der Waals surface area contributed by atoms with Crippen molar-refractivity contribution in [2.24, 2.45) is 0 Å². The van der Waals surface area contributed by atoms with Crippen LogP contribution in [0.15, 0.2) is 30.3 Å². The lowest BCUT2D eigenvalue weighted by atomic mass is 9.96. The molecule has 2 amide bonds. The van der Waals surface area contributed by atoms with Gasteiger partial charge in [0.2, 0.25) is 5.91 Å². The number of carboxylic acid groups (broad SMARTS) is 1. The van der Waals surface area contributed by atoms with Crippen LogP contribution >= 0.6 is 11.8 Å². The Morgan fingerprint density at radius 3 is 2.56 bits per heavy atom. The van der Waals surface area contributed by atoms with E-state index < -0.39 is 34.8 Å². The van der Waals surface area contributed by atoms with E-state index in [1.165, 1.54) is 16.7 Å². The molecule has 134 valence electrons. The Bertz CT molecular complexity index is 708. The van der Waals surface area contributed by atoms with Crippen molar-refractivity contribution in [3.05, 3.63) is 30.3 Å². The molecule has 1 aromatic carbocycles. The Morgan fingerprint density at radius 1 is 1.32 bits per heavy atom. The molecule has 2 N–H and O–H groups in total. The van der Waals surface area contributed by atoms with Crippen molar-refractivity contribution in [2.75, 3.05) is 0 Å². The quantitative estimate of drug-likeness (QED) is 0.759. The van der Waals surface area contributed by atoms with Crippen LogP contribution in [0.5, 0.6) is 5.75 Å². The molecule has 0 spiro atoms. The van der Waals surface area contributed by atoms with Crippen molar-refractivity contribution in [3.63, 3.8) is 0 Å². The van der Waals surface area contributed by atoms with Crippen LogP contribution in [0.25, 0.3) is 0 Å². The minimum atomic E-state index is -1.03. The fourth-order valence-electron chi connectivity index (χ4n) is 3.17. The zero-order valence-corrected chi connectivity index (χ0v) is 14.9. The fraction of sp³-hybridized carbons (Fsp3) is 0.471. The van der Waals surface area contributed by atoms with E-state index in [1.807, 2.05) is 6.07 Å². The van der Waals surface area contributed by atoms with Gasteiger partial charge < -0.3 is 20.1 Å². The van der Waals surface area contributed by atoms with Crippen molar-refractivity contribution < 1.29 is 24.2 Å². The number of aliphatic carboxylic acids is 1. The van der Waals surface area contributed by atoms with Gasteiger partial charge >= 0.3 is 5.97 Å². The van der Waals surface area contributed by atoms with Crippen LogP contribution in [0.2, 0.25) is 0 Å². The van der Waals surface area contributed by atoms with Gasteiger partial charge in [0.05, 0.1) is 0 Å². The minimum absolute atomic E-state index is 0.364. The number of thioether (sulfide) groups is 1. The molecule has 0 bridgehead atoms. The first-order valence-corrected chi connectivity index (χ1v) is 8.85. The summed E-state index contributed by atoms with van der Waals surface area (Å²) in [5, 5.41) is 11.7. The van der Waals surface area contributed by atoms with Gasteiger partial charge in [-0.1, -0.05) is 18.2 Å². The van der Waals surface area contributed by atoms with E-state index in [-0.39, 0.29) is 11.3 Å². The maximum Gasteiger partial charge on any atom is 0.327 e. The number of fused-ring (bicyclic) bond motifs is 1. The molecule has 2 aliphatic rings. The topological polar surface area (TPSA) is 95.9 Å². The number of ether oxygens (including phenoxy) is 1. The summed E-state index contributed by atoms with van der Waals surface area (Å²) in [6.07, 6.45) is -0.765. The second-order valence-corrected chi connectivity index (χ2v) is 8.43. The van der Waals surface area contributed by atoms with Gasteiger partial charge in [0, 0.05) is 4.75 Å². The van der Waals surface area contributed by atoms with Gasteiger partial charge in [-0.25, -0.2) is 4.79 Å². The Morgan fingerprint density at radius 2 is 1.96 bits per heavy atom. The standard InChI is InChI=1S/C17H20N2O5S/c1-9(24-10-7-5-4-6-8-10)13(20)18-11-14(21)19-12(16(22)23)17(2,3)25-15(11)19/h4-9,11-12,15H,1-3H3,(H,18,20)(H,22,23)/t9?,11-,12+,15+/m1/s1. The molecule has 0 aromatic heterocycles. The van der Waals surface area contributed by atoms with Crippen molar-refractivity contribution in [1.82, 2.24) is 10.2 Å². The van der Waals surface area contributed by atoms with Crippen LogP contribution in [0.3, 0.4) is 0 Å². The third-order valence-electron chi connectivity index (χ3n) is 4.40. The van der Waals surface area contributed by atoms with Gasteiger partial charge in [-0.05, 0) is 32.9 Å². The van der Waals surface area contributed by atoms with E-state index in [0.29, 0.717) is 5.75 Å². The average molecular weight is 364 g/mol. The molecule has 1 aromatic rings. The number of carbonyl (C=O) groups excluding carboxylic acids is 2. The number of nitrogens with zero attached hydrogens (tertiary/aromatic N) is 1. The van der Waals surface area contributed by atoms with E-state index in [4.69, 9.17) is 4.74 Å². The number of hydrogen-bond acceptors (Lipinski definition) is 5. The number of rotatable bonds is 5. The van der Waals surface area contributed by atoms with Crippen molar-refractivity contribution in [3.8, 4) is 5.75 Å². The first-order valence-electron chi connectivity index (χ1n) is 7.97. The first kappa shape index (κ1) is 17.6. The number of amides is 2. The molecular formula is C17H20N2O5S. The number of hydrogen-bond donors (Lipinski definition) is 2. The van der Waals surface area contributed by atoms with Crippen molar-refractivity contribution in [1.29, 1.82) is 0 Å².